The Labute approximate surface area is 132 Å². The number of nitro groups is 1. The Hall–Kier alpha value is -2.40. The lowest BCUT2D eigenvalue weighted by Crippen LogP contribution is -2.14. The highest BCUT2D eigenvalue weighted by molar-refractivity contribution is 6.31. The van der Waals surface area contributed by atoms with Gasteiger partial charge in [0.1, 0.15) is 0 Å². The number of non-ortho nitro benzene ring substituents is 1. The van der Waals surface area contributed by atoms with Crippen molar-refractivity contribution in [3.63, 3.8) is 0 Å². The third kappa shape index (κ3) is 3.62. The maximum atomic E-state index is 11.5. The summed E-state index contributed by atoms with van der Waals surface area (Å²) in [6.45, 7) is 1.85. The lowest BCUT2D eigenvalue weighted by molar-refractivity contribution is -0.384. The molecule has 0 spiro atoms. The van der Waals surface area contributed by atoms with Crippen molar-refractivity contribution < 1.29 is 14.8 Å². The van der Waals surface area contributed by atoms with Gasteiger partial charge < -0.3 is 5.11 Å². The molecule has 0 amide bonds. The number of hydrogen-bond acceptors (Lipinski definition) is 3. The first-order valence-corrected chi connectivity index (χ1v) is 6.98. The van der Waals surface area contributed by atoms with Crippen LogP contribution in [0.5, 0.6) is 0 Å². The van der Waals surface area contributed by atoms with E-state index < -0.39 is 16.8 Å². The maximum absolute atomic E-state index is 11.5. The molecule has 0 bridgehead atoms. The number of carboxylic acids is 1. The van der Waals surface area contributed by atoms with Crippen LogP contribution >= 0.6 is 11.6 Å². The summed E-state index contributed by atoms with van der Waals surface area (Å²) in [6, 6.07) is 11.1. The highest BCUT2D eigenvalue weighted by Crippen LogP contribution is 2.26. The number of halogens is 1. The molecule has 0 heterocycles. The highest BCUT2D eigenvalue weighted by atomic mass is 35.5. The average Bonchev–Trinajstić information content (AvgIpc) is 2.48. The van der Waals surface area contributed by atoms with Crippen molar-refractivity contribution in [1.82, 2.24) is 0 Å². The van der Waals surface area contributed by atoms with E-state index in [9.17, 15) is 20.0 Å². The minimum atomic E-state index is -0.960. The molecule has 0 aliphatic rings. The summed E-state index contributed by atoms with van der Waals surface area (Å²) in [4.78, 5) is 21.7. The number of hydrogen-bond donors (Lipinski definition) is 1. The van der Waals surface area contributed by atoms with Crippen LogP contribution in [0.3, 0.4) is 0 Å². The summed E-state index contributed by atoms with van der Waals surface area (Å²) in [5.74, 6) is -1.71. The maximum Gasteiger partial charge on any atom is 0.311 e. The van der Waals surface area contributed by atoms with Gasteiger partial charge in [-0.15, -0.1) is 0 Å². The van der Waals surface area contributed by atoms with Gasteiger partial charge in [-0.1, -0.05) is 35.9 Å². The molecule has 0 fully saturated rings. The standard InChI is InChI=1S/C16H14ClNO4/c1-10-2-5-12(9-15(10)17)14(16(19)20)8-11-3-6-13(7-4-11)18(21)22/h2-7,9,14H,8H2,1H3,(H,19,20). The number of nitrogens with zero attached hydrogens (tertiary/aromatic N) is 1. The molecule has 2 rings (SSSR count). The fourth-order valence-electron chi connectivity index (χ4n) is 2.16. The Kier molecular flexibility index (Phi) is 4.78. The van der Waals surface area contributed by atoms with Crippen LogP contribution in [-0.2, 0) is 11.2 Å². The summed E-state index contributed by atoms with van der Waals surface area (Å²) in [6.07, 6.45) is 0.243. The van der Waals surface area contributed by atoms with E-state index in [-0.39, 0.29) is 12.1 Å². The van der Waals surface area contributed by atoms with Crippen molar-refractivity contribution in [1.29, 1.82) is 0 Å². The van der Waals surface area contributed by atoms with E-state index in [1.165, 1.54) is 12.1 Å². The third-order valence-corrected chi connectivity index (χ3v) is 3.89. The molecule has 0 saturated carbocycles. The fraction of sp³-hybridized carbons (Fsp3) is 0.188. The second-order valence-corrected chi connectivity index (χ2v) is 5.43. The third-order valence-electron chi connectivity index (χ3n) is 3.48. The molecular formula is C16H14ClNO4. The largest absolute Gasteiger partial charge is 0.481 e. The van der Waals surface area contributed by atoms with Crippen molar-refractivity contribution in [2.75, 3.05) is 0 Å². The lowest BCUT2D eigenvalue weighted by Gasteiger charge is -2.14. The predicted molar refractivity (Wildman–Crippen MR) is 83.4 cm³/mol. The number of carboxylic acid groups (broad SMARTS) is 1. The lowest BCUT2D eigenvalue weighted by atomic mass is 9.91. The van der Waals surface area contributed by atoms with Crippen molar-refractivity contribution in [3.8, 4) is 0 Å². The van der Waals surface area contributed by atoms with E-state index in [0.717, 1.165) is 11.1 Å². The monoisotopic (exact) mass is 319 g/mol. The van der Waals surface area contributed by atoms with Crippen LogP contribution < -0.4 is 0 Å². The number of rotatable bonds is 5. The molecule has 0 saturated heterocycles. The normalized spacial score (nSPS) is 11.9. The van der Waals surface area contributed by atoms with Crippen LogP contribution in [-0.4, -0.2) is 16.0 Å². The minimum Gasteiger partial charge on any atom is -0.481 e. The van der Waals surface area contributed by atoms with Crippen molar-refractivity contribution in [3.05, 3.63) is 74.3 Å². The Morgan fingerprint density at radius 2 is 1.91 bits per heavy atom. The topological polar surface area (TPSA) is 80.4 Å². The molecule has 1 unspecified atom stereocenters. The number of nitro benzene ring substituents is 1. The van der Waals surface area contributed by atoms with Crippen LogP contribution in [0.2, 0.25) is 5.02 Å². The number of benzene rings is 2. The van der Waals surface area contributed by atoms with E-state index in [2.05, 4.69) is 0 Å². The molecule has 0 aromatic heterocycles. The zero-order valence-corrected chi connectivity index (χ0v) is 12.6. The molecule has 2 aromatic carbocycles. The van der Waals surface area contributed by atoms with Gasteiger partial charge in [-0.3, -0.25) is 14.9 Å². The number of carbonyl (C=O) groups is 1. The molecule has 0 aliphatic carbocycles. The van der Waals surface area contributed by atoms with Gasteiger partial charge in [0.25, 0.3) is 5.69 Å². The summed E-state index contributed by atoms with van der Waals surface area (Å²) < 4.78 is 0. The van der Waals surface area contributed by atoms with Gasteiger partial charge in [-0.05, 0) is 36.1 Å². The minimum absolute atomic E-state index is 0.0194. The molecule has 0 aliphatic heterocycles. The molecular weight excluding hydrogens is 306 g/mol. The van der Waals surface area contributed by atoms with E-state index in [0.29, 0.717) is 10.6 Å². The molecule has 2 aromatic rings. The van der Waals surface area contributed by atoms with Gasteiger partial charge in [0.2, 0.25) is 0 Å². The SMILES string of the molecule is Cc1ccc(C(Cc2ccc([N+](=O)[O-])cc2)C(=O)O)cc1Cl. The zero-order valence-electron chi connectivity index (χ0n) is 11.8. The average molecular weight is 320 g/mol. The Morgan fingerprint density at radius 3 is 2.41 bits per heavy atom. The van der Waals surface area contributed by atoms with Crippen LogP contribution in [0.4, 0.5) is 5.69 Å². The van der Waals surface area contributed by atoms with Crippen molar-refractivity contribution in [2.24, 2.45) is 0 Å². The summed E-state index contributed by atoms with van der Waals surface area (Å²) in [5.41, 5.74) is 2.19. The first-order chi connectivity index (χ1) is 10.4. The Morgan fingerprint density at radius 1 is 1.27 bits per heavy atom. The van der Waals surface area contributed by atoms with Gasteiger partial charge in [0.15, 0.2) is 0 Å². The van der Waals surface area contributed by atoms with Gasteiger partial charge in [-0.25, -0.2) is 0 Å². The molecule has 6 heteroatoms. The molecule has 114 valence electrons. The first-order valence-electron chi connectivity index (χ1n) is 6.60. The van der Waals surface area contributed by atoms with Crippen LogP contribution in [0.1, 0.15) is 22.6 Å². The number of aryl methyl sites for hydroxylation is 1. The van der Waals surface area contributed by atoms with Gasteiger partial charge >= 0.3 is 5.97 Å². The summed E-state index contributed by atoms with van der Waals surface area (Å²) in [7, 11) is 0. The highest BCUT2D eigenvalue weighted by Gasteiger charge is 2.21. The second kappa shape index (κ2) is 6.58. The Balaban J connectivity index is 2.27. The zero-order chi connectivity index (χ0) is 16.3. The summed E-state index contributed by atoms with van der Waals surface area (Å²) >= 11 is 6.05. The fourth-order valence-corrected chi connectivity index (χ4v) is 2.35. The van der Waals surface area contributed by atoms with Gasteiger partial charge in [0.05, 0.1) is 10.8 Å². The predicted octanol–water partition coefficient (Wildman–Crippen LogP) is 3.97. The van der Waals surface area contributed by atoms with Crippen LogP contribution in [0.15, 0.2) is 42.5 Å². The van der Waals surface area contributed by atoms with E-state index in [4.69, 9.17) is 11.6 Å². The smallest absolute Gasteiger partial charge is 0.311 e. The second-order valence-electron chi connectivity index (χ2n) is 5.03. The first kappa shape index (κ1) is 16.0. The summed E-state index contributed by atoms with van der Waals surface area (Å²) in [5, 5.41) is 20.6. The molecule has 1 atom stereocenters. The van der Waals surface area contributed by atoms with Crippen molar-refractivity contribution >= 4 is 23.3 Å². The van der Waals surface area contributed by atoms with Gasteiger partial charge in [0, 0.05) is 17.2 Å². The molecule has 5 nitrogen and oxygen atoms in total. The van der Waals surface area contributed by atoms with Crippen LogP contribution in [0, 0.1) is 17.0 Å². The molecule has 22 heavy (non-hydrogen) atoms. The van der Waals surface area contributed by atoms with E-state index >= 15 is 0 Å². The quantitative estimate of drug-likeness (QED) is 0.668. The van der Waals surface area contributed by atoms with E-state index in [1.54, 1.807) is 30.3 Å². The van der Waals surface area contributed by atoms with Crippen molar-refractivity contribution in [2.45, 2.75) is 19.3 Å². The van der Waals surface area contributed by atoms with E-state index in [1.807, 2.05) is 6.92 Å². The molecule has 1 N–H and O–H groups in total. The van der Waals surface area contributed by atoms with Gasteiger partial charge in [-0.2, -0.15) is 0 Å². The number of aliphatic carboxylic acids is 1. The van der Waals surface area contributed by atoms with Crippen LogP contribution in [0.25, 0.3) is 0 Å². The molecule has 0 radical (unpaired) electrons. The Bertz CT molecular complexity index is 713.